The summed E-state index contributed by atoms with van der Waals surface area (Å²) in [5.74, 6) is 0. The van der Waals surface area contributed by atoms with Gasteiger partial charge in [-0.3, -0.25) is 4.90 Å². The molecule has 1 aromatic heterocycles. The maximum atomic E-state index is 12.5. The number of rotatable bonds is 4. The van der Waals surface area contributed by atoms with Crippen LogP contribution in [0.4, 0.5) is 0 Å². The van der Waals surface area contributed by atoms with Crippen LogP contribution in [-0.4, -0.2) is 70.3 Å². The van der Waals surface area contributed by atoms with Gasteiger partial charge in [-0.1, -0.05) is 17.4 Å². The van der Waals surface area contributed by atoms with Crippen LogP contribution in [0.3, 0.4) is 0 Å². The van der Waals surface area contributed by atoms with Crippen LogP contribution in [0.2, 0.25) is 0 Å². The zero-order valence-corrected chi connectivity index (χ0v) is 14.1. The van der Waals surface area contributed by atoms with Crippen molar-refractivity contribution in [3.8, 4) is 0 Å². The van der Waals surface area contributed by atoms with E-state index in [0.717, 1.165) is 0 Å². The molecule has 0 spiro atoms. The Bertz CT molecular complexity index is 588. The van der Waals surface area contributed by atoms with Gasteiger partial charge in [0.2, 0.25) is 5.03 Å². The molecule has 2 N–H and O–H groups in total. The molecule has 112 valence electrons. The average Bonchev–Trinajstić information content (AvgIpc) is 2.69. The fourth-order valence-corrected chi connectivity index (χ4v) is 4.70. The molecule has 0 aliphatic carbocycles. The first-order chi connectivity index (χ1) is 9.32. The van der Waals surface area contributed by atoms with Crippen molar-refractivity contribution in [1.82, 2.24) is 24.2 Å². The number of aryl methyl sites for hydroxylation is 1. The van der Waals surface area contributed by atoms with Crippen molar-refractivity contribution in [2.24, 2.45) is 12.8 Å². The lowest BCUT2D eigenvalue weighted by atomic mass is 10.3. The van der Waals surface area contributed by atoms with Gasteiger partial charge in [0.05, 0.1) is 4.99 Å². The van der Waals surface area contributed by atoms with Crippen molar-refractivity contribution in [2.45, 2.75) is 5.03 Å². The van der Waals surface area contributed by atoms with Crippen LogP contribution in [0.1, 0.15) is 0 Å². The minimum absolute atomic E-state index is 0.0697. The summed E-state index contributed by atoms with van der Waals surface area (Å²) in [5, 5.41) is 7.48. The molecule has 2 heterocycles. The number of sulfonamides is 1. The first-order valence-electron chi connectivity index (χ1n) is 5.88. The Morgan fingerprint density at radius 3 is 2.45 bits per heavy atom. The lowest BCUT2D eigenvalue weighted by Crippen LogP contribution is -2.50. The number of hydrogen-bond acceptors (Lipinski definition) is 6. The van der Waals surface area contributed by atoms with Gasteiger partial charge in [-0.15, -0.1) is 5.10 Å². The summed E-state index contributed by atoms with van der Waals surface area (Å²) in [6.45, 7) is 2.49. The Morgan fingerprint density at radius 1 is 1.40 bits per heavy atom. The Balaban J connectivity index is 2.12. The van der Waals surface area contributed by atoms with Gasteiger partial charge in [0.15, 0.2) is 4.60 Å². The Hall–Kier alpha value is -0.620. The van der Waals surface area contributed by atoms with Crippen molar-refractivity contribution < 1.29 is 8.42 Å². The molecule has 0 bridgehead atoms. The Kier molecular flexibility index (Phi) is 4.74. The minimum Gasteiger partial charge on any atom is -0.392 e. The van der Waals surface area contributed by atoms with Gasteiger partial charge in [0.1, 0.15) is 0 Å². The molecule has 1 aromatic rings. The van der Waals surface area contributed by atoms with Crippen LogP contribution in [0, 0.1) is 0 Å². The van der Waals surface area contributed by atoms with Gasteiger partial charge in [-0.05, 0) is 15.9 Å². The monoisotopic (exact) mass is 382 g/mol. The van der Waals surface area contributed by atoms with E-state index in [1.54, 1.807) is 7.05 Å². The average molecular weight is 383 g/mol. The van der Waals surface area contributed by atoms with E-state index in [-0.39, 0.29) is 9.63 Å². The topological polar surface area (TPSA) is 97.3 Å². The van der Waals surface area contributed by atoms with E-state index in [9.17, 15) is 8.42 Å². The lowest BCUT2D eigenvalue weighted by molar-refractivity contribution is 0.209. The van der Waals surface area contributed by atoms with Gasteiger partial charge in [-0.2, -0.15) is 4.31 Å². The van der Waals surface area contributed by atoms with Crippen LogP contribution in [0.5, 0.6) is 0 Å². The second-order valence-corrected chi connectivity index (χ2v) is 7.58. The van der Waals surface area contributed by atoms with E-state index in [1.165, 1.54) is 8.99 Å². The zero-order valence-electron chi connectivity index (χ0n) is 10.9. The molecule has 0 atom stereocenters. The predicted molar refractivity (Wildman–Crippen MR) is 80.7 cm³/mol. The molecule has 1 fully saturated rings. The first-order valence-corrected chi connectivity index (χ1v) is 8.52. The highest BCUT2D eigenvalue weighted by Crippen LogP contribution is 2.23. The predicted octanol–water partition coefficient (Wildman–Crippen LogP) is -0.830. The van der Waals surface area contributed by atoms with Gasteiger partial charge in [0, 0.05) is 39.8 Å². The number of piperazine rings is 1. The number of hydrogen-bond donors (Lipinski definition) is 1. The van der Waals surface area contributed by atoms with E-state index < -0.39 is 10.0 Å². The summed E-state index contributed by atoms with van der Waals surface area (Å²) in [7, 11) is -2.05. The maximum absolute atomic E-state index is 12.5. The van der Waals surface area contributed by atoms with E-state index >= 15 is 0 Å². The summed E-state index contributed by atoms with van der Waals surface area (Å²) in [6.07, 6.45) is 0. The molecule has 20 heavy (non-hydrogen) atoms. The number of thiocarbonyl (C=S) groups is 1. The standard InChI is InChI=1S/C9H15BrN6O2S2/c1-14-9(8(10)12-13-14)20(17,18)16-4-2-15(3-5-16)6-7(11)19/h2-6H2,1H3,(H2,11,19). The normalized spacial score (nSPS) is 18.3. The van der Waals surface area contributed by atoms with E-state index in [0.29, 0.717) is 37.7 Å². The summed E-state index contributed by atoms with van der Waals surface area (Å²) >= 11 is 7.98. The van der Waals surface area contributed by atoms with Gasteiger partial charge >= 0.3 is 0 Å². The number of nitrogens with zero attached hydrogens (tertiary/aromatic N) is 5. The summed E-state index contributed by atoms with van der Waals surface area (Å²) in [4.78, 5) is 2.45. The zero-order chi connectivity index (χ0) is 14.9. The van der Waals surface area contributed by atoms with Gasteiger partial charge in [-0.25, -0.2) is 13.1 Å². The van der Waals surface area contributed by atoms with Gasteiger partial charge < -0.3 is 5.73 Å². The molecule has 1 aliphatic rings. The van der Waals surface area contributed by atoms with Crippen molar-refractivity contribution in [3.05, 3.63) is 4.60 Å². The van der Waals surface area contributed by atoms with E-state index in [4.69, 9.17) is 18.0 Å². The minimum atomic E-state index is -3.60. The van der Waals surface area contributed by atoms with Crippen molar-refractivity contribution >= 4 is 43.2 Å². The number of halogens is 1. The van der Waals surface area contributed by atoms with Crippen LogP contribution < -0.4 is 5.73 Å². The molecule has 1 saturated heterocycles. The largest absolute Gasteiger partial charge is 0.392 e. The number of nitrogens with two attached hydrogens (primary N) is 1. The fourth-order valence-electron chi connectivity index (χ4n) is 2.07. The Morgan fingerprint density at radius 2 is 2.00 bits per heavy atom. The molecule has 2 rings (SSSR count). The maximum Gasteiger partial charge on any atom is 0.263 e. The van der Waals surface area contributed by atoms with Crippen molar-refractivity contribution in [1.29, 1.82) is 0 Å². The lowest BCUT2D eigenvalue weighted by Gasteiger charge is -2.33. The van der Waals surface area contributed by atoms with E-state index in [2.05, 4.69) is 26.2 Å². The molecule has 0 unspecified atom stereocenters. The molecule has 0 radical (unpaired) electrons. The highest BCUT2D eigenvalue weighted by Gasteiger charge is 2.33. The third kappa shape index (κ3) is 3.17. The molecule has 0 aromatic carbocycles. The summed E-state index contributed by atoms with van der Waals surface area (Å²) < 4.78 is 28.0. The van der Waals surface area contributed by atoms with Crippen molar-refractivity contribution in [3.63, 3.8) is 0 Å². The second-order valence-electron chi connectivity index (χ2n) is 4.46. The quantitative estimate of drug-likeness (QED) is 0.678. The third-order valence-corrected chi connectivity index (χ3v) is 5.95. The van der Waals surface area contributed by atoms with Crippen LogP contribution >= 0.6 is 28.1 Å². The van der Waals surface area contributed by atoms with E-state index in [1.807, 2.05) is 4.90 Å². The van der Waals surface area contributed by atoms with Crippen LogP contribution in [0.15, 0.2) is 9.63 Å². The molecule has 0 amide bonds. The first kappa shape index (κ1) is 15.8. The molecular weight excluding hydrogens is 368 g/mol. The van der Waals surface area contributed by atoms with Crippen LogP contribution in [-0.2, 0) is 17.1 Å². The fraction of sp³-hybridized carbons (Fsp3) is 0.667. The smallest absolute Gasteiger partial charge is 0.263 e. The SMILES string of the molecule is Cn1nnc(Br)c1S(=O)(=O)N1CCN(CC(N)=S)CC1. The van der Waals surface area contributed by atoms with Crippen LogP contribution in [0.25, 0.3) is 0 Å². The highest BCUT2D eigenvalue weighted by atomic mass is 79.9. The molecule has 11 heteroatoms. The summed E-state index contributed by atoms with van der Waals surface area (Å²) in [5.41, 5.74) is 5.49. The highest BCUT2D eigenvalue weighted by molar-refractivity contribution is 9.10. The Labute approximate surface area is 131 Å². The molecule has 0 saturated carbocycles. The molecule has 8 nitrogen and oxygen atoms in total. The molecular formula is C9H15BrN6O2S2. The molecule has 1 aliphatic heterocycles. The second kappa shape index (κ2) is 6.02. The van der Waals surface area contributed by atoms with Crippen molar-refractivity contribution in [2.75, 3.05) is 32.7 Å². The third-order valence-electron chi connectivity index (χ3n) is 3.03. The van der Waals surface area contributed by atoms with Gasteiger partial charge in [0.25, 0.3) is 10.0 Å². The summed E-state index contributed by atoms with van der Waals surface area (Å²) in [6, 6.07) is 0. The number of aromatic nitrogens is 3.